The third kappa shape index (κ3) is 7.14. The van der Waals surface area contributed by atoms with E-state index in [1.54, 1.807) is 10.4 Å². The molecular formula is C18H25N3O3S. The Morgan fingerprint density at radius 2 is 2.32 bits per heavy atom. The van der Waals surface area contributed by atoms with Crippen molar-refractivity contribution in [3.63, 3.8) is 0 Å². The summed E-state index contributed by atoms with van der Waals surface area (Å²) in [5.41, 5.74) is 2.61. The number of amides is 2. The Labute approximate surface area is 153 Å². The fraction of sp³-hybridized carbons (Fsp3) is 0.611. The highest BCUT2D eigenvalue weighted by Crippen LogP contribution is 2.11. The normalized spacial score (nSPS) is 16.8. The quantitative estimate of drug-likeness (QED) is 0.756. The highest BCUT2D eigenvalue weighted by atomic mass is 32.1. The van der Waals surface area contributed by atoms with Gasteiger partial charge in [-0.15, -0.1) is 11.3 Å². The van der Waals surface area contributed by atoms with Gasteiger partial charge in [0.25, 0.3) is 0 Å². The largest absolute Gasteiger partial charge is 0.433 e. The van der Waals surface area contributed by atoms with Crippen LogP contribution in [0.25, 0.3) is 0 Å². The lowest BCUT2D eigenvalue weighted by atomic mass is 10.1. The summed E-state index contributed by atoms with van der Waals surface area (Å²) in [6.07, 6.45) is 4.54. The molecule has 25 heavy (non-hydrogen) atoms. The van der Waals surface area contributed by atoms with Crippen LogP contribution in [0.3, 0.4) is 0 Å². The van der Waals surface area contributed by atoms with Crippen molar-refractivity contribution in [3.05, 3.63) is 16.6 Å². The van der Waals surface area contributed by atoms with E-state index in [2.05, 4.69) is 22.1 Å². The molecule has 1 unspecified atom stereocenters. The maximum atomic E-state index is 12.0. The van der Waals surface area contributed by atoms with Crippen molar-refractivity contribution in [1.82, 2.24) is 15.2 Å². The molecule has 2 amide bonds. The van der Waals surface area contributed by atoms with Gasteiger partial charge >= 0.3 is 6.09 Å². The SMILES string of the molecule is CCC(=O)N(CCNC(=O)OC1C#CCCCCC1)Cc1cscn1. The number of rotatable bonds is 7. The first-order chi connectivity index (χ1) is 12.2. The van der Waals surface area contributed by atoms with E-state index in [1.165, 1.54) is 11.3 Å². The summed E-state index contributed by atoms with van der Waals surface area (Å²) >= 11 is 1.50. The van der Waals surface area contributed by atoms with Crippen LogP contribution in [0.5, 0.6) is 0 Å². The third-order valence-corrected chi connectivity index (χ3v) is 4.56. The van der Waals surface area contributed by atoms with Crippen molar-refractivity contribution >= 4 is 23.3 Å². The molecule has 1 aromatic rings. The first-order valence-corrected chi connectivity index (χ1v) is 9.71. The molecule has 1 N–H and O–H groups in total. The summed E-state index contributed by atoms with van der Waals surface area (Å²) in [6, 6.07) is 0. The number of thiazole rings is 1. The van der Waals surface area contributed by atoms with E-state index in [4.69, 9.17) is 4.74 Å². The molecule has 0 aromatic carbocycles. The van der Waals surface area contributed by atoms with E-state index in [0.29, 0.717) is 26.1 Å². The number of nitrogens with zero attached hydrogens (tertiary/aromatic N) is 2. The van der Waals surface area contributed by atoms with E-state index in [0.717, 1.165) is 37.8 Å². The lowest BCUT2D eigenvalue weighted by Crippen LogP contribution is -2.39. The van der Waals surface area contributed by atoms with E-state index >= 15 is 0 Å². The van der Waals surface area contributed by atoms with Gasteiger partial charge in [0.1, 0.15) is 0 Å². The Bertz CT molecular complexity index is 607. The maximum Gasteiger partial charge on any atom is 0.408 e. The molecule has 1 atom stereocenters. The second-order valence-corrected chi connectivity index (χ2v) is 6.61. The molecule has 1 heterocycles. The van der Waals surface area contributed by atoms with Crippen LogP contribution in [0.2, 0.25) is 0 Å². The molecule has 1 aliphatic carbocycles. The van der Waals surface area contributed by atoms with E-state index < -0.39 is 6.09 Å². The number of carbonyl (C=O) groups excluding carboxylic acids is 2. The fourth-order valence-electron chi connectivity index (χ4n) is 2.56. The highest BCUT2D eigenvalue weighted by Gasteiger charge is 2.15. The van der Waals surface area contributed by atoms with Gasteiger partial charge in [-0.2, -0.15) is 0 Å². The minimum Gasteiger partial charge on any atom is -0.433 e. The van der Waals surface area contributed by atoms with Gasteiger partial charge in [0.15, 0.2) is 6.10 Å². The van der Waals surface area contributed by atoms with Gasteiger partial charge in [-0.25, -0.2) is 9.78 Å². The van der Waals surface area contributed by atoms with E-state index in [-0.39, 0.29) is 12.0 Å². The molecule has 1 aliphatic rings. The maximum absolute atomic E-state index is 12.0. The number of carbonyl (C=O) groups is 2. The summed E-state index contributed by atoms with van der Waals surface area (Å²) < 4.78 is 5.36. The molecule has 1 aromatic heterocycles. The molecule has 0 saturated heterocycles. The molecule has 6 nitrogen and oxygen atoms in total. The Morgan fingerprint density at radius 1 is 1.44 bits per heavy atom. The van der Waals surface area contributed by atoms with E-state index in [9.17, 15) is 9.59 Å². The smallest absolute Gasteiger partial charge is 0.408 e. The molecule has 0 bridgehead atoms. The predicted octanol–water partition coefficient (Wildman–Crippen LogP) is 2.94. The minimum atomic E-state index is -0.475. The zero-order chi connectivity index (χ0) is 17.9. The second-order valence-electron chi connectivity index (χ2n) is 5.89. The van der Waals surface area contributed by atoms with Gasteiger partial charge in [0.05, 0.1) is 17.7 Å². The topological polar surface area (TPSA) is 71.5 Å². The minimum absolute atomic E-state index is 0.0362. The van der Waals surface area contributed by atoms with Crippen molar-refractivity contribution < 1.29 is 14.3 Å². The Hall–Kier alpha value is -2.07. The highest BCUT2D eigenvalue weighted by molar-refractivity contribution is 7.07. The average Bonchev–Trinajstić information content (AvgIpc) is 3.08. The molecule has 0 spiro atoms. The Morgan fingerprint density at radius 3 is 3.08 bits per heavy atom. The zero-order valence-corrected chi connectivity index (χ0v) is 15.4. The van der Waals surface area contributed by atoms with Crippen molar-refractivity contribution in [3.8, 4) is 11.8 Å². The standard InChI is InChI=1S/C18H25N3O3S/c1-2-17(22)21(12-15-13-25-14-20-15)11-10-19-18(23)24-16-8-6-4-3-5-7-9-16/h13-14,16H,2-6,8,10-12H2,1H3,(H,19,23). The van der Waals surface area contributed by atoms with Gasteiger partial charge < -0.3 is 15.0 Å². The molecule has 136 valence electrons. The summed E-state index contributed by atoms with van der Waals surface area (Å²) in [7, 11) is 0. The molecule has 0 radical (unpaired) electrons. The number of nitrogens with one attached hydrogen (secondary N) is 1. The molecule has 0 fully saturated rings. The first-order valence-electron chi connectivity index (χ1n) is 8.76. The van der Waals surface area contributed by atoms with Gasteiger partial charge in [0, 0.05) is 31.3 Å². The molecule has 2 rings (SSSR count). The lowest BCUT2D eigenvalue weighted by Gasteiger charge is -2.21. The molecule has 0 saturated carbocycles. The summed E-state index contributed by atoms with van der Waals surface area (Å²) in [5, 5.41) is 4.64. The zero-order valence-electron chi connectivity index (χ0n) is 14.6. The van der Waals surface area contributed by atoms with Crippen molar-refractivity contribution in [2.45, 2.75) is 58.1 Å². The van der Waals surface area contributed by atoms with Crippen LogP contribution in [-0.2, 0) is 16.1 Å². The Kier molecular flexibility index (Phi) is 8.26. The summed E-state index contributed by atoms with van der Waals surface area (Å²) in [4.78, 5) is 29.9. The third-order valence-electron chi connectivity index (χ3n) is 3.92. The Balaban J connectivity index is 1.76. The van der Waals surface area contributed by atoms with Crippen LogP contribution >= 0.6 is 11.3 Å². The van der Waals surface area contributed by atoms with Crippen LogP contribution in [0.1, 0.15) is 51.1 Å². The van der Waals surface area contributed by atoms with Crippen molar-refractivity contribution in [1.29, 1.82) is 0 Å². The van der Waals surface area contributed by atoms with Crippen LogP contribution in [0, 0.1) is 11.8 Å². The van der Waals surface area contributed by atoms with Crippen LogP contribution < -0.4 is 5.32 Å². The second kappa shape index (κ2) is 10.7. The van der Waals surface area contributed by atoms with Crippen LogP contribution in [-0.4, -0.2) is 41.1 Å². The van der Waals surface area contributed by atoms with Crippen molar-refractivity contribution in [2.24, 2.45) is 0 Å². The van der Waals surface area contributed by atoms with Crippen molar-refractivity contribution in [2.75, 3.05) is 13.1 Å². The van der Waals surface area contributed by atoms with Crippen LogP contribution in [0.15, 0.2) is 10.9 Å². The van der Waals surface area contributed by atoms with Gasteiger partial charge in [0.2, 0.25) is 5.91 Å². The lowest BCUT2D eigenvalue weighted by molar-refractivity contribution is -0.131. The van der Waals surface area contributed by atoms with E-state index in [1.807, 2.05) is 12.3 Å². The van der Waals surface area contributed by atoms with Gasteiger partial charge in [-0.3, -0.25) is 4.79 Å². The summed E-state index contributed by atoms with van der Waals surface area (Å²) in [5.74, 6) is 6.09. The number of hydrogen-bond donors (Lipinski definition) is 1. The molecular weight excluding hydrogens is 338 g/mol. The molecule has 0 aliphatic heterocycles. The predicted molar refractivity (Wildman–Crippen MR) is 97.0 cm³/mol. The fourth-order valence-corrected chi connectivity index (χ4v) is 3.11. The number of aromatic nitrogens is 1. The van der Waals surface area contributed by atoms with Gasteiger partial charge in [-0.1, -0.05) is 25.2 Å². The number of hydrogen-bond acceptors (Lipinski definition) is 5. The monoisotopic (exact) mass is 363 g/mol. The number of ether oxygens (including phenoxy) is 1. The van der Waals surface area contributed by atoms with Gasteiger partial charge in [-0.05, 0) is 19.3 Å². The first kappa shape index (κ1) is 19.3. The molecule has 7 heteroatoms. The summed E-state index contributed by atoms with van der Waals surface area (Å²) in [6.45, 7) is 3.05. The van der Waals surface area contributed by atoms with Crippen LogP contribution in [0.4, 0.5) is 4.79 Å². The average molecular weight is 363 g/mol. The number of alkyl carbamates (subject to hydrolysis) is 1.